The van der Waals surface area contributed by atoms with Crippen molar-refractivity contribution >= 4 is 35.3 Å². The highest BCUT2D eigenvalue weighted by Crippen LogP contribution is 2.31. The molecule has 0 saturated carbocycles. The third-order valence-corrected chi connectivity index (χ3v) is 4.95. The quantitative estimate of drug-likeness (QED) is 0.248. The van der Waals surface area contributed by atoms with Crippen LogP contribution in [0.1, 0.15) is 11.3 Å². The van der Waals surface area contributed by atoms with Crippen LogP contribution in [0, 0.1) is 5.82 Å². The van der Waals surface area contributed by atoms with Crippen molar-refractivity contribution in [3.8, 4) is 16.9 Å². The van der Waals surface area contributed by atoms with Gasteiger partial charge in [-0.3, -0.25) is 0 Å². The van der Waals surface area contributed by atoms with Gasteiger partial charge in [0.25, 0.3) is 0 Å². The van der Waals surface area contributed by atoms with Crippen molar-refractivity contribution in [2.75, 3.05) is 5.32 Å². The van der Waals surface area contributed by atoms with Gasteiger partial charge >= 0.3 is 12.1 Å². The van der Waals surface area contributed by atoms with E-state index in [2.05, 4.69) is 20.4 Å². The summed E-state index contributed by atoms with van der Waals surface area (Å²) in [6.07, 6.45) is 0.161. The van der Waals surface area contributed by atoms with Crippen LogP contribution in [0.2, 0.25) is 5.02 Å². The molecule has 0 aliphatic heterocycles. The van der Waals surface area contributed by atoms with E-state index in [9.17, 15) is 22.4 Å². The number of aliphatic carboxylic acids is 1. The fourth-order valence-corrected chi connectivity index (χ4v) is 3.27. The van der Waals surface area contributed by atoms with Crippen molar-refractivity contribution in [2.24, 2.45) is 0 Å². The molecule has 0 aliphatic rings. The average Bonchev–Trinajstić information content (AvgIpc) is 3.31. The minimum atomic E-state index is -4.66. The fourth-order valence-electron chi connectivity index (χ4n) is 3.08. The highest BCUT2D eigenvalue weighted by atomic mass is 35.5. The predicted octanol–water partition coefficient (Wildman–Crippen LogP) is 5.98. The van der Waals surface area contributed by atoms with Crippen LogP contribution in [0.15, 0.2) is 67.0 Å². The van der Waals surface area contributed by atoms with Crippen LogP contribution < -0.4 is 5.32 Å². The molecule has 2 N–H and O–H groups in total. The van der Waals surface area contributed by atoms with Gasteiger partial charge in [-0.1, -0.05) is 29.8 Å². The summed E-state index contributed by atoms with van der Waals surface area (Å²) >= 11 is 5.80. The monoisotopic (exact) mass is 503 g/mol. The lowest BCUT2D eigenvalue weighted by Crippen LogP contribution is -2.10. The van der Waals surface area contributed by atoms with Gasteiger partial charge in [0.1, 0.15) is 5.82 Å². The van der Waals surface area contributed by atoms with Crippen molar-refractivity contribution < 1.29 is 27.5 Å². The summed E-state index contributed by atoms with van der Waals surface area (Å²) in [6.45, 7) is 0. The number of carboxylic acids is 1. The topological polar surface area (TPSA) is 92.9 Å². The number of carbonyl (C=O) groups is 1. The molecule has 178 valence electrons. The Morgan fingerprint density at radius 1 is 1.14 bits per heavy atom. The van der Waals surface area contributed by atoms with Crippen molar-refractivity contribution in [1.82, 2.24) is 19.7 Å². The number of rotatable bonds is 6. The zero-order valence-corrected chi connectivity index (χ0v) is 18.2. The zero-order valence-electron chi connectivity index (χ0n) is 17.5. The van der Waals surface area contributed by atoms with Crippen LogP contribution in [-0.4, -0.2) is 30.8 Å². The number of hydrogen-bond donors (Lipinski definition) is 2. The highest BCUT2D eigenvalue weighted by molar-refractivity contribution is 6.31. The molecular weight excluding hydrogens is 490 g/mol. The van der Waals surface area contributed by atoms with Gasteiger partial charge in [-0.25, -0.2) is 18.9 Å². The van der Waals surface area contributed by atoms with E-state index in [1.54, 1.807) is 24.3 Å². The largest absolute Gasteiger partial charge is 0.478 e. The lowest BCUT2D eigenvalue weighted by molar-refractivity contribution is -0.141. The molecule has 0 amide bonds. The predicted molar refractivity (Wildman–Crippen MR) is 121 cm³/mol. The number of nitrogens with zero attached hydrogens (tertiary/aromatic N) is 4. The Hall–Kier alpha value is -4.25. The molecule has 0 spiro atoms. The van der Waals surface area contributed by atoms with Crippen molar-refractivity contribution in [3.63, 3.8) is 0 Å². The molecule has 2 aromatic carbocycles. The highest BCUT2D eigenvalue weighted by Gasteiger charge is 2.34. The lowest BCUT2D eigenvalue weighted by atomic mass is 10.0. The summed E-state index contributed by atoms with van der Waals surface area (Å²) in [6, 6.07) is 11.3. The van der Waals surface area contributed by atoms with Gasteiger partial charge in [-0.2, -0.15) is 23.3 Å². The van der Waals surface area contributed by atoms with Crippen LogP contribution in [0.4, 0.5) is 29.2 Å². The van der Waals surface area contributed by atoms with Crippen LogP contribution >= 0.6 is 11.6 Å². The summed E-state index contributed by atoms with van der Waals surface area (Å²) in [4.78, 5) is 19.4. The van der Waals surface area contributed by atoms with Gasteiger partial charge < -0.3 is 10.4 Å². The van der Waals surface area contributed by atoms with Gasteiger partial charge in [0.2, 0.25) is 5.95 Å². The SMILES string of the molecule is O=C(O)/C=C/c1cccc(-c2cnc(Nc3ccc(F)c(Cl)c3)nc2-n2ccc(C(F)(F)F)n2)c1. The molecule has 35 heavy (non-hydrogen) atoms. The normalized spacial score (nSPS) is 11.7. The number of hydrogen-bond acceptors (Lipinski definition) is 5. The average molecular weight is 504 g/mol. The van der Waals surface area contributed by atoms with Crippen LogP contribution in [0.5, 0.6) is 0 Å². The first-order chi connectivity index (χ1) is 16.6. The zero-order chi connectivity index (χ0) is 25.2. The minimum Gasteiger partial charge on any atom is -0.478 e. The molecule has 0 unspecified atom stereocenters. The second-order valence-electron chi connectivity index (χ2n) is 7.13. The molecule has 0 atom stereocenters. The van der Waals surface area contributed by atoms with Crippen molar-refractivity contribution in [3.05, 3.63) is 89.1 Å². The summed E-state index contributed by atoms with van der Waals surface area (Å²) in [5.41, 5.74) is 0.617. The summed E-state index contributed by atoms with van der Waals surface area (Å²) < 4.78 is 53.9. The van der Waals surface area contributed by atoms with E-state index in [1.165, 1.54) is 24.4 Å². The Labute approximate surface area is 200 Å². The Morgan fingerprint density at radius 2 is 1.94 bits per heavy atom. The Morgan fingerprint density at radius 3 is 2.63 bits per heavy atom. The molecule has 0 saturated heterocycles. The van der Waals surface area contributed by atoms with Gasteiger partial charge in [0.15, 0.2) is 11.5 Å². The van der Waals surface area contributed by atoms with Crippen molar-refractivity contribution in [2.45, 2.75) is 6.18 Å². The molecule has 4 aromatic rings. The van der Waals surface area contributed by atoms with E-state index in [-0.39, 0.29) is 16.8 Å². The number of halogens is 5. The minimum absolute atomic E-state index is 0.00240. The number of aromatic nitrogens is 4. The first-order valence-corrected chi connectivity index (χ1v) is 10.2. The van der Waals surface area contributed by atoms with Crippen LogP contribution in [0.25, 0.3) is 23.0 Å². The maximum absolute atomic E-state index is 13.5. The number of nitrogens with one attached hydrogen (secondary N) is 1. The third-order valence-electron chi connectivity index (χ3n) is 4.66. The molecule has 0 radical (unpaired) electrons. The van der Waals surface area contributed by atoms with Crippen LogP contribution in [-0.2, 0) is 11.0 Å². The summed E-state index contributed by atoms with van der Waals surface area (Å²) in [5.74, 6) is -1.74. The maximum atomic E-state index is 13.5. The summed E-state index contributed by atoms with van der Waals surface area (Å²) in [5, 5.41) is 15.2. The van der Waals surface area contributed by atoms with Gasteiger partial charge in [0, 0.05) is 29.7 Å². The molecule has 4 rings (SSSR count). The maximum Gasteiger partial charge on any atom is 0.435 e. The molecule has 0 bridgehead atoms. The van der Waals surface area contributed by atoms with Gasteiger partial charge in [0.05, 0.1) is 5.02 Å². The second kappa shape index (κ2) is 9.55. The number of anilines is 2. The van der Waals surface area contributed by atoms with Gasteiger partial charge in [-0.15, -0.1) is 0 Å². The Bertz CT molecular complexity index is 1440. The van der Waals surface area contributed by atoms with E-state index < -0.39 is 23.7 Å². The third kappa shape index (κ3) is 5.64. The fraction of sp³-hybridized carbons (Fsp3) is 0.0435. The molecule has 0 fully saturated rings. The number of benzene rings is 2. The lowest BCUT2D eigenvalue weighted by Gasteiger charge is -2.12. The first kappa shape index (κ1) is 23.9. The number of carboxylic acid groups (broad SMARTS) is 1. The van der Waals surface area contributed by atoms with Gasteiger partial charge in [-0.05, 0) is 47.5 Å². The molecule has 7 nitrogen and oxygen atoms in total. The molecule has 2 aromatic heterocycles. The number of alkyl halides is 3. The van der Waals surface area contributed by atoms with E-state index in [0.717, 1.165) is 29.1 Å². The second-order valence-corrected chi connectivity index (χ2v) is 7.53. The van der Waals surface area contributed by atoms with E-state index in [1.807, 2.05) is 0 Å². The smallest absolute Gasteiger partial charge is 0.435 e. The van der Waals surface area contributed by atoms with Crippen LogP contribution in [0.3, 0.4) is 0 Å². The first-order valence-electron chi connectivity index (χ1n) is 9.84. The molecule has 0 aliphatic carbocycles. The molecule has 2 heterocycles. The Balaban J connectivity index is 1.80. The van der Waals surface area contributed by atoms with E-state index >= 15 is 0 Å². The standard InChI is InChI=1S/C23H14ClF4N5O2/c24-17-11-15(5-6-18(17)25)30-22-29-12-16(14-3-1-2-13(10-14)4-7-20(34)35)21(31-22)33-9-8-19(32-33)23(26,27)28/h1-12H,(H,34,35)(H,29,30,31)/b7-4+. The van der Waals surface area contributed by atoms with E-state index in [4.69, 9.17) is 16.7 Å². The van der Waals surface area contributed by atoms with E-state index in [0.29, 0.717) is 22.4 Å². The Kier molecular flexibility index (Phi) is 6.52. The van der Waals surface area contributed by atoms with Crippen molar-refractivity contribution in [1.29, 1.82) is 0 Å². The molecular formula is C23H14ClF4N5O2. The molecule has 12 heteroatoms. The summed E-state index contributed by atoms with van der Waals surface area (Å²) in [7, 11) is 0.